The molecule has 5 heteroatoms. The van der Waals surface area contributed by atoms with Crippen molar-refractivity contribution in [3.05, 3.63) is 57.7 Å². The van der Waals surface area contributed by atoms with E-state index in [0.717, 1.165) is 24.0 Å². The molecule has 0 atom stereocenters. The Kier molecular flexibility index (Phi) is 4.35. The van der Waals surface area contributed by atoms with E-state index >= 15 is 0 Å². The molecule has 23 heavy (non-hydrogen) atoms. The number of amides is 1. The molecule has 0 saturated carbocycles. The van der Waals surface area contributed by atoms with Crippen LogP contribution in [0.2, 0.25) is 5.02 Å². The second kappa shape index (κ2) is 6.42. The highest BCUT2D eigenvalue weighted by atomic mass is 35.5. The molecule has 0 radical (unpaired) electrons. The Morgan fingerprint density at radius 2 is 1.78 bits per heavy atom. The predicted octanol–water partition coefficient (Wildman–Crippen LogP) is 1.52. The first-order valence-electron chi connectivity index (χ1n) is 7.49. The lowest BCUT2D eigenvalue weighted by molar-refractivity contribution is 0.0747. The van der Waals surface area contributed by atoms with Crippen molar-refractivity contribution in [2.75, 3.05) is 31.1 Å². The molecule has 118 valence electrons. The van der Waals surface area contributed by atoms with Gasteiger partial charge < -0.3 is 9.80 Å². The van der Waals surface area contributed by atoms with Crippen LogP contribution in [0.5, 0.6) is 0 Å². The van der Waals surface area contributed by atoms with Crippen molar-refractivity contribution in [2.24, 2.45) is 0 Å². The fraction of sp³-hybridized carbons (Fsp3) is 0.222. The van der Waals surface area contributed by atoms with Gasteiger partial charge in [0.05, 0.1) is 15.9 Å². The minimum Gasteiger partial charge on any atom is -0.367 e. The monoisotopic (exact) mass is 327 g/mol. The molecule has 1 amide bonds. The van der Waals surface area contributed by atoms with Crippen LogP contribution in [0.15, 0.2) is 36.5 Å². The molecule has 1 aliphatic rings. The van der Waals surface area contributed by atoms with Gasteiger partial charge in [0.25, 0.3) is 5.91 Å². The van der Waals surface area contributed by atoms with Crippen LogP contribution >= 0.6 is 11.6 Å². The lowest BCUT2D eigenvalue weighted by Crippen LogP contribution is -2.50. The Hall–Kier alpha value is -2.33. The summed E-state index contributed by atoms with van der Waals surface area (Å²) >= 11 is 6.12. The van der Waals surface area contributed by atoms with Crippen molar-refractivity contribution in [1.82, 2.24) is 9.88 Å². The first-order valence-corrected chi connectivity index (χ1v) is 7.87. The van der Waals surface area contributed by atoms with Gasteiger partial charge in [0, 0.05) is 43.3 Å². The van der Waals surface area contributed by atoms with Gasteiger partial charge in [-0.1, -0.05) is 36.9 Å². The van der Waals surface area contributed by atoms with Gasteiger partial charge in [0.2, 0.25) is 0 Å². The lowest BCUT2D eigenvalue weighted by atomic mass is 10.1. The van der Waals surface area contributed by atoms with E-state index in [4.69, 9.17) is 11.6 Å². The number of benzene rings is 1. The standard InChI is InChI=1S/C18H18ClN3O/c1-13-14(2)20-8-7-17(13)21-9-11-22(12-10-21)18(23)15-5-3-4-6-16(15)19/h3-8H,1-2,9-12H2. The third-order valence-electron chi connectivity index (χ3n) is 4.13. The van der Waals surface area contributed by atoms with Crippen LogP contribution in [0.4, 0.5) is 5.69 Å². The summed E-state index contributed by atoms with van der Waals surface area (Å²) in [4.78, 5) is 20.8. The van der Waals surface area contributed by atoms with Gasteiger partial charge >= 0.3 is 0 Å². The highest BCUT2D eigenvalue weighted by Crippen LogP contribution is 2.19. The molecule has 2 aromatic rings. The van der Waals surface area contributed by atoms with Crippen molar-refractivity contribution in [1.29, 1.82) is 0 Å². The zero-order valence-corrected chi connectivity index (χ0v) is 13.6. The van der Waals surface area contributed by atoms with Crippen molar-refractivity contribution >= 4 is 36.4 Å². The average Bonchev–Trinajstić information content (AvgIpc) is 2.57. The van der Waals surface area contributed by atoms with Crippen LogP contribution < -0.4 is 15.5 Å². The minimum atomic E-state index is -0.0160. The smallest absolute Gasteiger partial charge is 0.255 e. The van der Waals surface area contributed by atoms with E-state index in [0.29, 0.717) is 29.0 Å². The molecular weight excluding hydrogens is 310 g/mol. The second-order valence-corrected chi connectivity index (χ2v) is 5.92. The number of aromatic nitrogens is 1. The molecule has 1 aromatic carbocycles. The van der Waals surface area contributed by atoms with Gasteiger partial charge in [-0.3, -0.25) is 9.78 Å². The van der Waals surface area contributed by atoms with E-state index in [1.54, 1.807) is 18.3 Å². The number of piperazine rings is 1. The highest BCUT2D eigenvalue weighted by molar-refractivity contribution is 6.33. The number of nitrogens with zero attached hydrogens (tertiary/aromatic N) is 3. The van der Waals surface area contributed by atoms with Crippen LogP contribution in [-0.2, 0) is 0 Å². The maximum atomic E-state index is 12.6. The molecule has 1 aliphatic heterocycles. The Morgan fingerprint density at radius 3 is 2.48 bits per heavy atom. The average molecular weight is 328 g/mol. The minimum absolute atomic E-state index is 0.0160. The van der Waals surface area contributed by atoms with Gasteiger partial charge in [0.15, 0.2) is 0 Å². The van der Waals surface area contributed by atoms with Crippen molar-refractivity contribution in [3.8, 4) is 0 Å². The van der Waals surface area contributed by atoms with Gasteiger partial charge in [-0.15, -0.1) is 0 Å². The Bertz CT molecular complexity index is 828. The van der Waals surface area contributed by atoms with Gasteiger partial charge in [-0.05, 0) is 18.2 Å². The number of anilines is 1. The largest absolute Gasteiger partial charge is 0.367 e. The fourth-order valence-corrected chi connectivity index (χ4v) is 2.99. The van der Waals surface area contributed by atoms with E-state index in [1.807, 2.05) is 23.1 Å². The first-order chi connectivity index (χ1) is 11.1. The van der Waals surface area contributed by atoms with Gasteiger partial charge in [-0.2, -0.15) is 0 Å². The summed E-state index contributed by atoms with van der Waals surface area (Å²) in [6.07, 6.45) is 1.74. The number of hydrogen-bond donors (Lipinski definition) is 0. The van der Waals surface area contributed by atoms with Crippen LogP contribution in [0, 0.1) is 0 Å². The molecule has 0 unspecified atom stereocenters. The second-order valence-electron chi connectivity index (χ2n) is 5.51. The van der Waals surface area contributed by atoms with Crippen molar-refractivity contribution < 1.29 is 4.79 Å². The zero-order valence-electron chi connectivity index (χ0n) is 12.8. The number of carbonyl (C=O) groups is 1. The van der Waals surface area contributed by atoms with Crippen LogP contribution in [0.25, 0.3) is 13.2 Å². The van der Waals surface area contributed by atoms with E-state index in [1.165, 1.54) is 0 Å². The SMILES string of the molecule is C=c1nccc(N2CCN(C(=O)c3ccccc3Cl)CC2)c1=C. The maximum Gasteiger partial charge on any atom is 0.255 e. The third kappa shape index (κ3) is 3.08. The predicted molar refractivity (Wildman–Crippen MR) is 94.1 cm³/mol. The van der Waals surface area contributed by atoms with Crippen LogP contribution in [0.1, 0.15) is 10.4 Å². The molecule has 1 aromatic heterocycles. The summed E-state index contributed by atoms with van der Waals surface area (Å²) in [6, 6.07) is 9.11. The summed E-state index contributed by atoms with van der Waals surface area (Å²) < 4.78 is 0. The van der Waals surface area contributed by atoms with E-state index in [9.17, 15) is 4.79 Å². The highest BCUT2D eigenvalue weighted by Gasteiger charge is 2.23. The molecular formula is C18H18ClN3O. The number of halogens is 1. The fourth-order valence-electron chi connectivity index (χ4n) is 2.78. The molecule has 1 fully saturated rings. The molecule has 0 N–H and O–H groups in total. The molecule has 0 spiro atoms. The van der Waals surface area contributed by atoms with E-state index in [2.05, 4.69) is 23.0 Å². The molecule has 0 bridgehead atoms. The third-order valence-corrected chi connectivity index (χ3v) is 4.46. The number of pyridine rings is 1. The number of hydrogen-bond acceptors (Lipinski definition) is 3. The van der Waals surface area contributed by atoms with E-state index < -0.39 is 0 Å². The molecule has 0 aliphatic carbocycles. The van der Waals surface area contributed by atoms with E-state index in [-0.39, 0.29) is 5.91 Å². The topological polar surface area (TPSA) is 36.4 Å². The molecule has 4 nitrogen and oxygen atoms in total. The summed E-state index contributed by atoms with van der Waals surface area (Å²) in [5.74, 6) is -0.0160. The van der Waals surface area contributed by atoms with Crippen LogP contribution in [-0.4, -0.2) is 42.0 Å². The zero-order chi connectivity index (χ0) is 16.4. The maximum absolute atomic E-state index is 12.6. The van der Waals surface area contributed by atoms with Gasteiger partial charge in [0.1, 0.15) is 0 Å². The lowest BCUT2D eigenvalue weighted by Gasteiger charge is -2.36. The number of rotatable bonds is 2. The Labute approximate surface area is 140 Å². The molecule has 3 rings (SSSR count). The Morgan fingerprint density at radius 1 is 1.09 bits per heavy atom. The number of carbonyl (C=O) groups excluding carboxylic acids is 1. The summed E-state index contributed by atoms with van der Waals surface area (Å²) in [5, 5.41) is 2.03. The van der Waals surface area contributed by atoms with Crippen molar-refractivity contribution in [3.63, 3.8) is 0 Å². The normalized spacial score (nSPS) is 14.8. The van der Waals surface area contributed by atoms with Crippen LogP contribution in [0.3, 0.4) is 0 Å². The first kappa shape index (κ1) is 15.6. The quantitative estimate of drug-likeness (QED) is 0.839. The van der Waals surface area contributed by atoms with Crippen molar-refractivity contribution in [2.45, 2.75) is 0 Å². The summed E-state index contributed by atoms with van der Waals surface area (Å²) in [5.41, 5.74) is 1.60. The summed E-state index contributed by atoms with van der Waals surface area (Å²) in [6.45, 7) is 10.7. The molecule has 2 heterocycles. The van der Waals surface area contributed by atoms with Gasteiger partial charge in [-0.25, -0.2) is 0 Å². The molecule has 1 saturated heterocycles. The summed E-state index contributed by atoms with van der Waals surface area (Å²) in [7, 11) is 0. The Balaban J connectivity index is 1.73.